The lowest BCUT2D eigenvalue weighted by Crippen LogP contribution is -2.34. The van der Waals surface area contributed by atoms with Crippen LogP contribution in [0.25, 0.3) is 0 Å². The summed E-state index contributed by atoms with van der Waals surface area (Å²) >= 11 is 1.72. The molecule has 0 amide bonds. The lowest BCUT2D eigenvalue weighted by atomic mass is 10.4. The lowest BCUT2D eigenvalue weighted by Gasteiger charge is -2.27. The maximum atomic E-state index is 7.11. The lowest BCUT2D eigenvalue weighted by molar-refractivity contribution is 0.0454. The van der Waals surface area contributed by atoms with E-state index in [9.17, 15) is 0 Å². The normalized spacial score (nSPS) is 21.7. The molecule has 1 fully saturated rings. The molecule has 3 nitrogen and oxygen atoms in total. The number of nitrogens with two attached hydrogens (primary N) is 1. The molecule has 1 atom stereocenters. The van der Waals surface area contributed by atoms with E-state index in [4.69, 9.17) is 15.9 Å². The van der Waals surface area contributed by atoms with E-state index in [1.165, 1.54) is 0 Å². The van der Waals surface area contributed by atoms with Crippen LogP contribution < -0.4 is 5.73 Å². The van der Waals surface area contributed by atoms with Crippen molar-refractivity contribution in [2.45, 2.75) is 17.4 Å². The van der Waals surface area contributed by atoms with Gasteiger partial charge in [0.05, 0.1) is 23.7 Å². The summed E-state index contributed by atoms with van der Waals surface area (Å²) in [5.74, 6) is 0.261. The van der Waals surface area contributed by atoms with Crippen molar-refractivity contribution in [2.24, 2.45) is 5.73 Å². The van der Waals surface area contributed by atoms with Gasteiger partial charge in [0.25, 0.3) is 0 Å². The van der Waals surface area contributed by atoms with Gasteiger partial charge in [0.1, 0.15) is 5.84 Å². The molecule has 1 aliphatic rings. The Morgan fingerprint density at radius 3 is 2.70 bits per heavy atom. The minimum Gasteiger partial charge on any atom is -0.387 e. The Bertz CT molecular complexity index is 136. The van der Waals surface area contributed by atoms with Crippen LogP contribution in [0, 0.1) is 5.41 Å². The first kappa shape index (κ1) is 7.88. The van der Waals surface area contributed by atoms with Gasteiger partial charge in [-0.25, -0.2) is 0 Å². The third-order valence-corrected chi connectivity index (χ3v) is 2.76. The fourth-order valence-electron chi connectivity index (χ4n) is 0.655. The molecule has 0 aromatic rings. The van der Waals surface area contributed by atoms with E-state index in [2.05, 4.69) is 0 Å². The Hall–Kier alpha value is -0.220. The van der Waals surface area contributed by atoms with E-state index >= 15 is 0 Å². The van der Waals surface area contributed by atoms with E-state index in [1.807, 2.05) is 6.92 Å². The number of nitrogens with one attached hydrogen (secondary N) is 1. The van der Waals surface area contributed by atoms with E-state index in [0.717, 1.165) is 13.2 Å². The predicted octanol–water partition coefficient (Wildman–Crippen LogP) is 0.443. The molecule has 0 bridgehead atoms. The van der Waals surface area contributed by atoms with Crippen LogP contribution in [0.5, 0.6) is 0 Å². The SMILES string of the molecule is CC(SC1COC1)C(=N)N. The van der Waals surface area contributed by atoms with Gasteiger partial charge in [-0.05, 0) is 6.92 Å². The fraction of sp³-hybridized carbons (Fsp3) is 0.833. The average Bonchev–Trinajstić information content (AvgIpc) is 1.77. The molecule has 0 aromatic carbocycles. The maximum absolute atomic E-state index is 7.11. The summed E-state index contributed by atoms with van der Waals surface area (Å²) < 4.78 is 4.98. The Kier molecular flexibility index (Phi) is 2.56. The van der Waals surface area contributed by atoms with Crippen LogP contribution in [0.2, 0.25) is 0 Å². The summed E-state index contributed by atoms with van der Waals surface area (Å²) in [4.78, 5) is 0. The topological polar surface area (TPSA) is 59.1 Å². The van der Waals surface area contributed by atoms with Gasteiger partial charge < -0.3 is 10.5 Å². The molecular formula is C6H12N2OS. The number of hydrogen-bond donors (Lipinski definition) is 2. The van der Waals surface area contributed by atoms with Crippen molar-refractivity contribution in [3.63, 3.8) is 0 Å². The number of hydrogen-bond acceptors (Lipinski definition) is 3. The molecule has 1 heterocycles. The monoisotopic (exact) mass is 160 g/mol. The van der Waals surface area contributed by atoms with Crippen molar-refractivity contribution in [3.8, 4) is 0 Å². The first-order valence-electron chi connectivity index (χ1n) is 3.27. The third kappa shape index (κ3) is 1.88. The van der Waals surface area contributed by atoms with E-state index in [0.29, 0.717) is 5.25 Å². The fourth-order valence-corrected chi connectivity index (χ4v) is 1.73. The number of thioether (sulfide) groups is 1. The molecule has 4 heteroatoms. The highest BCUT2D eigenvalue weighted by Gasteiger charge is 2.22. The van der Waals surface area contributed by atoms with Crippen LogP contribution in [0.4, 0.5) is 0 Å². The molecular weight excluding hydrogens is 148 g/mol. The summed E-state index contributed by atoms with van der Waals surface area (Å²) in [7, 11) is 0. The molecule has 0 aliphatic carbocycles. The van der Waals surface area contributed by atoms with Gasteiger partial charge in [0, 0.05) is 0 Å². The largest absolute Gasteiger partial charge is 0.387 e. The zero-order valence-electron chi connectivity index (χ0n) is 5.96. The molecule has 58 valence electrons. The van der Waals surface area contributed by atoms with E-state index in [1.54, 1.807) is 11.8 Å². The van der Waals surface area contributed by atoms with Crippen molar-refractivity contribution in [1.29, 1.82) is 5.41 Å². The number of ether oxygens (including phenoxy) is 1. The Morgan fingerprint density at radius 1 is 1.80 bits per heavy atom. The summed E-state index contributed by atoms with van der Waals surface area (Å²) in [6.45, 7) is 3.59. The van der Waals surface area contributed by atoms with Gasteiger partial charge >= 0.3 is 0 Å². The highest BCUT2D eigenvalue weighted by molar-refractivity contribution is 8.01. The van der Waals surface area contributed by atoms with E-state index in [-0.39, 0.29) is 11.1 Å². The molecule has 10 heavy (non-hydrogen) atoms. The second-order valence-corrected chi connectivity index (χ2v) is 4.04. The smallest absolute Gasteiger partial charge is 0.104 e. The molecule has 1 unspecified atom stereocenters. The van der Waals surface area contributed by atoms with Gasteiger partial charge in [0.2, 0.25) is 0 Å². The molecule has 0 spiro atoms. The molecule has 1 aliphatic heterocycles. The number of amidine groups is 1. The van der Waals surface area contributed by atoms with E-state index < -0.39 is 0 Å². The van der Waals surface area contributed by atoms with Crippen molar-refractivity contribution in [1.82, 2.24) is 0 Å². The highest BCUT2D eigenvalue weighted by atomic mass is 32.2. The van der Waals surface area contributed by atoms with Crippen LogP contribution in [-0.4, -0.2) is 29.5 Å². The van der Waals surface area contributed by atoms with Crippen LogP contribution in [0.3, 0.4) is 0 Å². The molecule has 1 saturated heterocycles. The van der Waals surface area contributed by atoms with Crippen molar-refractivity contribution >= 4 is 17.6 Å². The van der Waals surface area contributed by atoms with Gasteiger partial charge in [-0.15, -0.1) is 11.8 Å². The summed E-state index contributed by atoms with van der Waals surface area (Å²) in [5.41, 5.74) is 5.28. The second-order valence-electron chi connectivity index (χ2n) is 2.39. The quantitative estimate of drug-likeness (QED) is 0.465. The molecule has 3 N–H and O–H groups in total. The zero-order chi connectivity index (χ0) is 7.56. The maximum Gasteiger partial charge on any atom is 0.104 e. The average molecular weight is 160 g/mol. The highest BCUT2D eigenvalue weighted by Crippen LogP contribution is 2.23. The van der Waals surface area contributed by atoms with Gasteiger partial charge in [-0.3, -0.25) is 5.41 Å². The minimum atomic E-state index is 0.147. The summed E-state index contributed by atoms with van der Waals surface area (Å²) in [6.07, 6.45) is 0. The summed E-state index contributed by atoms with van der Waals surface area (Å²) in [6, 6.07) is 0. The third-order valence-electron chi connectivity index (χ3n) is 1.44. The predicted molar refractivity (Wildman–Crippen MR) is 43.6 cm³/mol. The van der Waals surface area contributed by atoms with Crippen LogP contribution >= 0.6 is 11.8 Å². The molecule has 1 rings (SSSR count). The van der Waals surface area contributed by atoms with Crippen molar-refractivity contribution in [2.75, 3.05) is 13.2 Å². The Balaban J connectivity index is 2.16. The molecule has 0 aromatic heterocycles. The standard InChI is InChI=1S/C6H12N2OS/c1-4(6(7)8)10-5-2-9-3-5/h4-5H,2-3H2,1H3,(H3,7,8). The van der Waals surface area contributed by atoms with Gasteiger partial charge in [-0.2, -0.15) is 0 Å². The zero-order valence-corrected chi connectivity index (χ0v) is 6.78. The molecule has 0 radical (unpaired) electrons. The second kappa shape index (κ2) is 3.25. The minimum absolute atomic E-state index is 0.147. The van der Waals surface area contributed by atoms with Crippen molar-refractivity contribution < 1.29 is 4.74 Å². The van der Waals surface area contributed by atoms with Gasteiger partial charge in [0.15, 0.2) is 0 Å². The summed E-state index contributed by atoms with van der Waals surface area (Å²) in [5, 5.41) is 7.82. The van der Waals surface area contributed by atoms with Gasteiger partial charge in [-0.1, -0.05) is 0 Å². The van der Waals surface area contributed by atoms with Crippen LogP contribution in [-0.2, 0) is 4.74 Å². The first-order chi connectivity index (χ1) is 4.70. The van der Waals surface area contributed by atoms with Crippen LogP contribution in [0.1, 0.15) is 6.92 Å². The Morgan fingerprint density at radius 2 is 2.40 bits per heavy atom. The Labute approximate surface area is 64.8 Å². The number of rotatable bonds is 3. The van der Waals surface area contributed by atoms with Crippen molar-refractivity contribution in [3.05, 3.63) is 0 Å². The first-order valence-corrected chi connectivity index (χ1v) is 4.21. The molecule has 0 saturated carbocycles. The van der Waals surface area contributed by atoms with Crippen LogP contribution in [0.15, 0.2) is 0 Å².